The molecule has 1 atom stereocenters. The van der Waals surface area contributed by atoms with Crippen molar-refractivity contribution < 1.29 is 13.9 Å². The highest BCUT2D eigenvalue weighted by molar-refractivity contribution is 5.79. The third-order valence-electron chi connectivity index (χ3n) is 4.83. The molecule has 2 N–H and O–H groups in total. The molecule has 0 saturated heterocycles. The van der Waals surface area contributed by atoms with Crippen LogP contribution in [0.2, 0.25) is 0 Å². The van der Waals surface area contributed by atoms with Gasteiger partial charge in [0.15, 0.2) is 5.96 Å². The highest BCUT2D eigenvalue weighted by atomic mass is 19.1. The molecule has 1 aromatic heterocycles. The molecule has 0 aliphatic rings. The topological polar surface area (TPSA) is 72.7 Å². The van der Waals surface area contributed by atoms with Crippen LogP contribution in [0.5, 0.6) is 5.75 Å². The third kappa shape index (κ3) is 7.02. The second kappa shape index (κ2) is 12.2. The number of ether oxygens (including phenoxy) is 2. The van der Waals surface area contributed by atoms with Gasteiger partial charge in [-0.3, -0.25) is 4.68 Å². The zero-order valence-electron chi connectivity index (χ0n) is 18.7. The molecule has 8 heteroatoms. The Balaban J connectivity index is 2.01. The van der Waals surface area contributed by atoms with Gasteiger partial charge in [0.1, 0.15) is 17.7 Å². The largest absolute Gasteiger partial charge is 0.489 e. The number of nitrogens with one attached hydrogen (secondary N) is 2. The van der Waals surface area contributed by atoms with Crippen LogP contribution in [-0.4, -0.2) is 48.7 Å². The van der Waals surface area contributed by atoms with Crippen molar-refractivity contribution >= 4 is 5.96 Å². The highest BCUT2D eigenvalue weighted by Gasteiger charge is 2.13. The lowest BCUT2D eigenvalue weighted by molar-refractivity contribution is 0.182. The van der Waals surface area contributed by atoms with Gasteiger partial charge in [0.25, 0.3) is 0 Å². The molecule has 0 fully saturated rings. The Morgan fingerprint density at radius 3 is 2.73 bits per heavy atom. The van der Waals surface area contributed by atoms with E-state index in [2.05, 4.69) is 22.7 Å². The first-order chi connectivity index (χ1) is 14.5. The number of guanidine groups is 1. The van der Waals surface area contributed by atoms with E-state index in [1.165, 1.54) is 12.1 Å². The van der Waals surface area contributed by atoms with Crippen LogP contribution >= 0.6 is 0 Å². The number of halogens is 1. The molecule has 1 aromatic carbocycles. The lowest BCUT2D eigenvalue weighted by Crippen LogP contribution is -2.42. The molecule has 1 unspecified atom stereocenters. The average Bonchev–Trinajstić information content (AvgIpc) is 3.00. The second-order valence-electron chi connectivity index (χ2n) is 7.05. The minimum absolute atomic E-state index is 0.101. The van der Waals surface area contributed by atoms with Crippen LogP contribution in [0.25, 0.3) is 0 Å². The van der Waals surface area contributed by atoms with Crippen LogP contribution < -0.4 is 15.4 Å². The van der Waals surface area contributed by atoms with Crippen LogP contribution in [0.1, 0.15) is 37.2 Å². The van der Waals surface area contributed by atoms with Crippen molar-refractivity contribution in [2.75, 3.05) is 26.8 Å². The van der Waals surface area contributed by atoms with Gasteiger partial charge in [0.2, 0.25) is 0 Å². The summed E-state index contributed by atoms with van der Waals surface area (Å²) in [4.78, 5) is 4.72. The Morgan fingerprint density at radius 2 is 2.07 bits per heavy atom. The van der Waals surface area contributed by atoms with E-state index in [1.807, 2.05) is 25.5 Å². The minimum Gasteiger partial charge on any atom is -0.489 e. The summed E-state index contributed by atoms with van der Waals surface area (Å²) in [6.07, 6.45) is 0.684. The van der Waals surface area contributed by atoms with Gasteiger partial charge in [-0.1, -0.05) is 13.0 Å². The average molecular weight is 420 g/mol. The fourth-order valence-electron chi connectivity index (χ4n) is 3.07. The maximum Gasteiger partial charge on any atom is 0.191 e. The third-order valence-corrected chi connectivity index (χ3v) is 4.83. The number of aromatic nitrogens is 2. The lowest BCUT2D eigenvalue weighted by atomic mass is 10.2. The minimum atomic E-state index is -0.304. The zero-order valence-corrected chi connectivity index (χ0v) is 18.7. The maximum atomic E-state index is 13.4. The van der Waals surface area contributed by atoms with Crippen LogP contribution in [-0.2, 0) is 17.8 Å². The summed E-state index contributed by atoms with van der Waals surface area (Å²) in [6, 6.07) is 6.21. The van der Waals surface area contributed by atoms with Crippen LogP contribution in [0, 0.1) is 19.7 Å². The fourth-order valence-corrected chi connectivity index (χ4v) is 3.07. The van der Waals surface area contributed by atoms with Gasteiger partial charge in [-0.15, -0.1) is 0 Å². The number of rotatable bonds is 11. The normalized spacial score (nSPS) is 12.7. The van der Waals surface area contributed by atoms with Crippen molar-refractivity contribution in [1.82, 2.24) is 20.4 Å². The molecule has 0 radical (unpaired) electrons. The second-order valence-corrected chi connectivity index (χ2v) is 7.05. The van der Waals surface area contributed by atoms with E-state index in [4.69, 9.17) is 14.5 Å². The summed E-state index contributed by atoms with van der Waals surface area (Å²) in [6.45, 7) is 11.3. The highest BCUT2D eigenvalue weighted by Crippen LogP contribution is 2.15. The van der Waals surface area contributed by atoms with E-state index < -0.39 is 0 Å². The van der Waals surface area contributed by atoms with Gasteiger partial charge in [0.05, 0.1) is 31.9 Å². The molecule has 0 bridgehead atoms. The van der Waals surface area contributed by atoms with Crippen LogP contribution in [0.4, 0.5) is 4.39 Å². The van der Waals surface area contributed by atoms with E-state index >= 15 is 0 Å². The Morgan fingerprint density at radius 1 is 1.27 bits per heavy atom. The van der Waals surface area contributed by atoms with Crippen molar-refractivity contribution in [2.24, 2.45) is 4.99 Å². The molecule has 7 nitrogen and oxygen atoms in total. The first-order valence-corrected chi connectivity index (χ1v) is 10.4. The molecular weight excluding hydrogens is 385 g/mol. The van der Waals surface area contributed by atoms with Crippen LogP contribution in [0.3, 0.4) is 0 Å². The molecule has 0 aliphatic carbocycles. The number of benzene rings is 1. The quantitative estimate of drug-likeness (QED) is 0.432. The van der Waals surface area contributed by atoms with Gasteiger partial charge in [0, 0.05) is 31.0 Å². The van der Waals surface area contributed by atoms with E-state index in [0.717, 1.165) is 36.5 Å². The Labute approximate surface area is 178 Å². The molecule has 2 aromatic rings. The number of hydrogen-bond donors (Lipinski definition) is 2. The van der Waals surface area contributed by atoms with E-state index in [1.54, 1.807) is 19.2 Å². The summed E-state index contributed by atoms with van der Waals surface area (Å²) in [5, 5.41) is 11.2. The van der Waals surface area contributed by atoms with Gasteiger partial charge in [-0.2, -0.15) is 5.10 Å². The van der Waals surface area contributed by atoms with Gasteiger partial charge in [-0.05, 0) is 39.3 Å². The maximum absolute atomic E-state index is 13.4. The standard InChI is InChI=1S/C22H34FN5O2/c1-6-19(30-20-10-8-9-18(23)13-20)14-25-22(24-7-2)26-15-21-16(3)27-28(17(21)4)11-12-29-5/h8-10,13,19H,6-7,11-12,14-15H2,1-5H3,(H2,24,25,26). The summed E-state index contributed by atoms with van der Waals surface area (Å²) in [7, 11) is 1.69. The predicted octanol–water partition coefficient (Wildman–Crippen LogP) is 3.20. The van der Waals surface area contributed by atoms with E-state index in [0.29, 0.717) is 31.4 Å². The molecule has 30 heavy (non-hydrogen) atoms. The molecular formula is C22H34FN5O2. The zero-order chi connectivity index (χ0) is 21.9. The predicted molar refractivity (Wildman–Crippen MR) is 118 cm³/mol. The Kier molecular flexibility index (Phi) is 9.60. The molecule has 1 heterocycles. The summed E-state index contributed by atoms with van der Waals surface area (Å²) < 4.78 is 26.4. The summed E-state index contributed by atoms with van der Waals surface area (Å²) >= 11 is 0. The molecule has 0 amide bonds. The van der Waals surface area contributed by atoms with Gasteiger partial charge >= 0.3 is 0 Å². The lowest BCUT2D eigenvalue weighted by Gasteiger charge is -2.20. The number of aliphatic imine (C=N–C) groups is 1. The molecule has 0 spiro atoms. The molecule has 166 valence electrons. The van der Waals surface area contributed by atoms with Crippen molar-refractivity contribution in [3.8, 4) is 5.75 Å². The smallest absolute Gasteiger partial charge is 0.191 e. The van der Waals surface area contributed by atoms with E-state index in [9.17, 15) is 4.39 Å². The number of aryl methyl sites for hydroxylation is 1. The Bertz CT molecular complexity index is 822. The SMILES string of the molecule is CCNC(=NCc1c(C)nn(CCOC)c1C)NCC(CC)Oc1cccc(F)c1. The molecule has 0 aliphatic heterocycles. The number of hydrogen-bond acceptors (Lipinski definition) is 4. The van der Waals surface area contributed by atoms with Crippen molar-refractivity contribution in [3.63, 3.8) is 0 Å². The van der Waals surface area contributed by atoms with Crippen LogP contribution in [0.15, 0.2) is 29.3 Å². The van der Waals surface area contributed by atoms with Gasteiger partial charge in [-0.25, -0.2) is 9.38 Å². The first kappa shape index (κ1) is 23.7. The van der Waals surface area contributed by atoms with Crippen molar-refractivity contribution in [1.29, 1.82) is 0 Å². The monoisotopic (exact) mass is 419 g/mol. The van der Waals surface area contributed by atoms with E-state index in [-0.39, 0.29) is 11.9 Å². The summed E-state index contributed by atoms with van der Waals surface area (Å²) in [5.74, 6) is 0.935. The van der Waals surface area contributed by atoms with Crippen molar-refractivity contribution in [3.05, 3.63) is 47.0 Å². The first-order valence-electron chi connectivity index (χ1n) is 10.4. The Hall–Kier alpha value is -2.61. The van der Waals surface area contributed by atoms with Gasteiger partial charge < -0.3 is 20.1 Å². The van der Waals surface area contributed by atoms with Crippen molar-refractivity contribution in [2.45, 2.75) is 53.3 Å². The fraction of sp³-hybridized carbons (Fsp3) is 0.545. The number of methoxy groups -OCH3 is 1. The summed E-state index contributed by atoms with van der Waals surface area (Å²) in [5.41, 5.74) is 3.19. The molecule has 0 saturated carbocycles. The number of nitrogens with zero attached hydrogens (tertiary/aromatic N) is 3. The molecule has 2 rings (SSSR count).